The summed E-state index contributed by atoms with van der Waals surface area (Å²) in [6.45, 7) is 4.38. The maximum absolute atomic E-state index is 5.25. The highest BCUT2D eigenvalue weighted by Gasteiger charge is 2.14. The summed E-state index contributed by atoms with van der Waals surface area (Å²) in [7, 11) is 0. The van der Waals surface area contributed by atoms with Gasteiger partial charge in [0.1, 0.15) is 0 Å². The highest BCUT2D eigenvalue weighted by molar-refractivity contribution is 4.85. The minimum Gasteiger partial charge on any atom is -0.380 e. The van der Waals surface area contributed by atoms with Gasteiger partial charge in [0.05, 0.1) is 6.61 Å². The van der Waals surface area contributed by atoms with Crippen molar-refractivity contribution in [3.05, 3.63) is 11.7 Å². The second-order valence-corrected chi connectivity index (χ2v) is 3.49. The molecular formula is C9H15N3O2. The molecule has 0 aliphatic carbocycles. The Hall–Kier alpha value is -0.940. The van der Waals surface area contributed by atoms with Gasteiger partial charge in [-0.2, -0.15) is 4.98 Å². The minimum absolute atomic E-state index is 0.503. The van der Waals surface area contributed by atoms with Gasteiger partial charge in [-0.05, 0) is 6.42 Å². The van der Waals surface area contributed by atoms with Crippen LogP contribution in [-0.2, 0) is 11.2 Å². The fourth-order valence-electron chi connectivity index (χ4n) is 1.53. The molecule has 5 heteroatoms. The summed E-state index contributed by atoms with van der Waals surface area (Å²) >= 11 is 0. The van der Waals surface area contributed by atoms with E-state index in [2.05, 4.69) is 15.5 Å². The van der Waals surface area contributed by atoms with Crippen LogP contribution in [0.1, 0.15) is 18.1 Å². The summed E-state index contributed by atoms with van der Waals surface area (Å²) in [5.74, 6) is 1.40. The van der Waals surface area contributed by atoms with Crippen LogP contribution in [0, 0.1) is 6.92 Å². The molecule has 78 valence electrons. The standard InChI is InChI=1S/C9H15N3O2/c1-7-11-9(12-14-7)2-4-10-8-3-5-13-6-8/h8,10H,2-6H2,1H3. The molecule has 0 spiro atoms. The van der Waals surface area contributed by atoms with Gasteiger partial charge in [0.25, 0.3) is 0 Å². The van der Waals surface area contributed by atoms with Crippen molar-refractivity contribution in [1.29, 1.82) is 0 Å². The monoisotopic (exact) mass is 197 g/mol. The van der Waals surface area contributed by atoms with Crippen molar-refractivity contribution >= 4 is 0 Å². The van der Waals surface area contributed by atoms with Gasteiger partial charge in [0.15, 0.2) is 5.82 Å². The van der Waals surface area contributed by atoms with E-state index in [1.54, 1.807) is 6.92 Å². The van der Waals surface area contributed by atoms with E-state index in [1.165, 1.54) is 0 Å². The third-order valence-electron chi connectivity index (χ3n) is 2.28. The van der Waals surface area contributed by atoms with E-state index in [0.717, 1.165) is 38.4 Å². The molecule has 1 atom stereocenters. The van der Waals surface area contributed by atoms with Crippen molar-refractivity contribution < 1.29 is 9.26 Å². The number of aryl methyl sites for hydroxylation is 1. The maximum Gasteiger partial charge on any atom is 0.223 e. The molecule has 0 aromatic carbocycles. The summed E-state index contributed by atoms with van der Waals surface area (Å²) < 4.78 is 10.1. The Kier molecular flexibility index (Phi) is 3.10. The molecule has 1 unspecified atom stereocenters. The highest BCUT2D eigenvalue weighted by atomic mass is 16.5. The first-order valence-corrected chi connectivity index (χ1v) is 4.95. The number of hydrogen-bond acceptors (Lipinski definition) is 5. The van der Waals surface area contributed by atoms with Crippen LogP contribution in [0.15, 0.2) is 4.52 Å². The van der Waals surface area contributed by atoms with Crippen molar-refractivity contribution in [1.82, 2.24) is 15.5 Å². The number of hydrogen-bond donors (Lipinski definition) is 1. The molecule has 0 saturated carbocycles. The van der Waals surface area contributed by atoms with Crippen molar-refractivity contribution in [2.24, 2.45) is 0 Å². The second kappa shape index (κ2) is 4.52. The van der Waals surface area contributed by atoms with Crippen LogP contribution < -0.4 is 5.32 Å². The Morgan fingerprint density at radius 1 is 1.57 bits per heavy atom. The summed E-state index contributed by atoms with van der Waals surface area (Å²) in [5.41, 5.74) is 0. The van der Waals surface area contributed by atoms with Crippen molar-refractivity contribution in [3.8, 4) is 0 Å². The fraction of sp³-hybridized carbons (Fsp3) is 0.778. The zero-order valence-corrected chi connectivity index (χ0v) is 8.32. The Balaban J connectivity index is 1.67. The molecule has 1 saturated heterocycles. The number of ether oxygens (including phenoxy) is 1. The topological polar surface area (TPSA) is 60.2 Å². The zero-order chi connectivity index (χ0) is 9.80. The molecule has 2 rings (SSSR count). The second-order valence-electron chi connectivity index (χ2n) is 3.49. The van der Waals surface area contributed by atoms with E-state index in [9.17, 15) is 0 Å². The smallest absolute Gasteiger partial charge is 0.223 e. The molecule has 1 fully saturated rings. The summed E-state index contributed by atoms with van der Waals surface area (Å²) in [6, 6.07) is 0.503. The van der Waals surface area contributed by atoms with Gasteiger partial charge in [-0.3, -0.25) is 0 Å². The van der Waals surface area contributed by atoms with Crippen LogP contribution in [0.2, 0.25) is 0 Å². The van der Waals surface area contributed by atoms with Gasteiger partial charge >= 0.3 is 0 Å². The van der Waals surface area contributed by atoms with Gasteiger partial charge in [0, 0.05) is 32.5 Å². The molecular weight excluding hydrogens is 182 g/mol. The Bertz CT molecular complexity index is 281. The summed E-state index contributed by atoms with van der Waals surface area (Å²) in [5, 5.41) is 7.22. The van der Waals surface area contributed by atoms with Gasteiger partial charge in [-0.25, -0.2) is 0 Å². The van der Waals surface area contributed by atoms with Gasteiger partial charge in [0.2, 0.25) is 5.89 Å². The van der Waals surface area contributed by atoms with E-state index in [0.29, 0.717) is 11.9 Å². The lowest BCUT2D eigenvalue weighted by atomic mass is 10.2. The van der Waals surface area contributed by atoms with Crippen molar-refractivity contribution in [2.75, 3.05) is 19.8 Å². The third-order valence-corrected chi connectivity index (χ3v) is 2.28. The molecule has 1 aliphatic rings. The van der Waals surface area contributed by atoms with E-state index >= 15 is 0 Å². The number of aromatic nitrogens is 2. The predicted molar refractivity (Wildman–Crippen MR) is 50.0 cm³/mol. The molecule has 0 amide bonds. The van der Waals surface area contributed by atoms with Crippen LogP contribution in [-0.4, -0.2) is 35.9 Å². The average Bonchev–Trinajstić information content (AvgIpc) is 2.77. The van der Waals surface area contributed by atoms with Gasteiger partial charge < -0.3 is 14.6 Å². The molecule has 2 heterocycles. The number of nitrogens with zero attached hydrogens (tertiary/aromatic N) is 2. The lowest BCUT2D eigenvalue weighted by molar-refractivity contribution is 0.190. The average molecular weight is 197 g/mol. The van der Waals surface area contributed by atoms with Crippen LogP contribution in [0.4, 0.5) is 0 Å². The molecule has 1 aliphatic heterocycles. The van der Waals surface area contributed by atoms with Crippen LogP contribution in [0.5, 0.6) is 0 Å². The number of rotatable bonds is 4. The van der Waals surface area contributed by atoms with Gasteiger partial charge in [-0.15, -0.1) is 0 Å². The van der Waals surface area contributed by atoms with Gasteiger partial charge in [-0.1, -0.05) is 5.16 Å². The Morgan fingerprint density at radius 3 is 3.14 bits per heavy atom. The van der Waals surface area contributed by atoms with Crippen molar-refractivity contribution in [2.45, 2.75) is 25.8 Å². The normalized spacial score (nSPS) is 21.6. The largest absolute Gasteiger partial charge is 0.380 e. The van der Waals surface area contributed by atoms with E-state index in [4.69, 9.17) is 9.26 Å². The van der Waals surface area contributed by atoms with Crippen LogP contribution in [0.25, 0.3) is 0 Å². The zero-order valence-electron chi connectivity index (χ0n) is 8.32. The fourth-order valence-corrected chi connectivity index (χ4v) is 1.53. The highest BCUT2D eigenvalue weighted by Crippen LogP contribution is 2.03. The van der Waals surface area contributed by atoms with Crippen molar-refractivity contribution in [3.63, 3.8) is 0 Å². The SMILES string of the molecule is Cc1nc(CCNC2CCOC2)no1. The molecule has 5 nitrogen and oxygen atoms in total. The van der Waals surface area contributed by atoms with Crippen LogP contribution in [0.3, 0.4) is 0 Å². The first kappa shape index (κ1) is 9.61. The Morgan fingerprint density at radius 2 is 2.50 bits per heavy atom. The Labute approximate surface area is 82.8 Å². The molecule has 14 heavy (non-hydrogen) atoms. The van der Waals surface area contributed by atoms with E-state index in [-0.39, 0.29) is 0 Å². The summed E-state index contributed by atoms with van der Waals surface area (Å²) in [6.07, 6.45) is 1.92. The third kappa shape index (κ3) is 2.52. The molecule has 0 radical (unpaired) electrons. The lowest BCUT2D eigenvalue weighted by Gasteiger charge is -2.08. The quantitative estimate of drug-likeness (QED) is 0.752. The van der Waals surface area contributed by atoms with E-state index in [1.807, 2.05) is 0 Å². The molecule has 1 aromatic heterocycles. The molecule has 1 aromatic rings. The summed E-state index contributed by atoms with van der Waals surface area (Å²) in [4.78, 5) is 4.13. The molecule has 1 N–H and O–H groups in total. The molecule has 0 bridgehead atoms. The number of nitrogens with one attached hydrogen (secondary N) is 1. The van der Waals surface area contributed by atoms with E-state index < -0.39 is 0 Å². The van der Waals surface area contributed by atoms with Crippen LogP contribution >= 0.6 is 0 Å². The maximum atomic E-state index is 5.25. The minimum atomic E-state index is 0.503. The lowest BCUT2D eigenvalue weighted by Crippen LogP contribution is -2.31. The first-order chi connectivity index (χ1) is 6.84. The predicted octanol–water partition coefficient (Wildman–Crippen LogP) is 0.299. The first-order valence-electron chi connectivity index (χ1n) is 4.95.